The molecular formula is C24H29N5O3. The van der Waals surface area contributed by atoms with Crippen LogP contribution in [-0.4, -0.2) is 58.6 Å². The van der Waals surface area contributed by atoms with Crippen LogP contribution in [0.4, 0.5) is 5.69 Å². The maximum absolute atomic E-state index is 12.7. The Labute approximate surface area is 187 Å². The number of imidazole rings is 1. The predicted octanol–water partition coefficient (Wildman–Crippen LogP) is 1.68. The van der Waals surface area contributed by atoms with E-state index in [0.717, 1.165) is 29.8 Å². The fourth-order valence-corrected chi connectivity index (χ4v) is 4.23. The van der Waals surface area contributed by atoms with E-state index in [1.807, 2.05) is 49.4 Å². The summed E-state index contributed by atoms with van der Waals surface area (Å²) < 4.78 is 3.33. The van der Waals surface area contributed by atoms with Crippen molar-refractivity contribution in [3.8, 4) is 0 Å². The Kier molecular flexibility index (Phi) is 6.58. The standard InChI is InChI=1S/C24H29N5O3/c1-2-28-20-10-6-7-11-21(20)29(24(28)32)13-12-22(30)25-18-23(31)27-16-14-26(15-17-27)19-8-4-3-5-9-19/h3-11H,2,12-18H2,1H3,(H,25,30). The molecule has 1 aromatic heterocycles. The van der Waals surface area contributed by atoms with E-state index in [1.165, 1.54) is 0 Å². The minimum Gasteiger partial charge on any atom is -0.368 e. The van der Waals surface area contributed by atoms with Gasteiger partial charge in [-0.25, -0.2) is 4.79 Å². The van der Waals surface area contributed by atoms with Gasteiger partial charge in [-0.1, -0.05) is 30.3 Å². The van der Waals surface area contributed by atoms with Gasteiger partial charge in [0.2, 0.25) is 11.8 Å². The van der Waals surface area contributed by atoms with Gasteiger partial charge in [-0.15, -0.1) is 0 Å². The average Bonchev–Trinajstić information content (AvgIpc) is 3.12. The number of carbonyl (C=O) groups excluding carboxylic acids is 2. The lowest BCUT2D eigenvalue weighted by molar-refractivity contribution is -0.133. The van der Waals surface area contributed by atoms with Crippen LogP contribution in [0.25, 0.3) is 11.0 Å². The molecule has 1 fully saturated rings. The van der Waals surface area contributed by atoms with E-state index in [2.05, 4.69) is 22.3 Å². The summed E-state index contributed by atoms with van der Waals surface area (Å²) >= 11 is 0. The van der Waals surface area contributed by atoms with Gasteiger partial charge in [-0.05, 0) is 31.2 Å². The molecule has 4 rings (SSSR count). The third-order valence-corrected chi connectivity index (χ3v) is 5.99. The molecule has 1 N–H and O–H groups in total. The SMILES string of the molecule is CCn1c(=O)n(CCC(=O)NCC(=O)N2CCN(c3ccccc3)CC2)c2ccccc21. The highest BCUT2D eigenvalue weighted by atomic mass is 16.2. The molecule has 0 atom stereocenters. The molecule has 0 aliphatic carbocycles. The number of piperazine rings is 1. The Morgan fingerprint density at radius 2 is 1.50 bits per heavy atom. The molecule has 32 heavy (non-hydrogen) atoms. The number of carbonyl (C=O) groups is 2. The fourth-order valence-electron chi connectivity index (χ4n) is 4.23. The first-order valence-corrected chi connectivity index (χ1v) is 11.1. The van der Waals surface area contributed by atoms with Crippen LogP contribution in [0.1, 0.15) is 13.3 Å². The lowest BCUT2D eigenvalue weighted by atomic mass is 10.2. The van der Waals surface area contributed by atoms with Crippen molar-refractivity contribution >= 4 is 28.5 Å². The number of hydrogen-bond donors (Lipinski definition) is 1. The minimum absolute atomic E-state index is 0.0181. The maximum atomic E-state index is 12.7. The third kappa shape index (κ3) is 4.54. The second-order valence-electron chi connectivity index (χ2n) is 7.90. The summed E-state index contributed by atoms with van der Waals surface area (Å²) in [6, 6.07) is 17.7. The van der Waals surface area contributed by atoms with E-state index in [1.54, 1.807) is 14.0 Å². The van der Waals surface area contributed by atoms with E-state index in [-0.39, 0.29) is 37.0 Å². The van der Waals surface area contributed by atoms with Gasteiger partial charge in [0.1, 0.15) is 0 Å². The van der Waals surface area contributed by atoms with Crippen LogP contribution in [0.2, 0.25) is 0 Å². The Balaban J connectivity index is 1.26. The molecule has 0 bridgehead atoms. The van der Waals surface area contributed by atoms with E-state index in [9.17, 15) is 14.4 Å². The first kappa shape index (κ1) is 21.7. The zero-order valence-electron chi connectivity index (χ0n) is 18.4. The van der Waals surface area contributed by atoms with Crippen LogP contribution in [-0.2, 0) is 22.7 Å². The van der Waals surface area contributed by atoms with Crippen molar-refractivity contribution in [1.29, 1.82) is 0 Å². The number of nitrogens with one attached hydrogen (secondary N) is 1. The van der Waals surface area contributed by atoms with Crippen LogP contribution in [0.15, 0.2) is 59.4 Å². The molecule has 8 heteroatoms. The summed E-state index contributed by atoms with van der Waals surface area (Å²) in [5.41, 5.74) is 2.73. The third-order valence-electron chi connectivity index (χ3n) is 5.99. The van der Waals surface area contributed by atoms with Crippen molar-refractivity contribution < 1.29 is 9.59 Å². The zero-order chi connectivity index (χ0) is 22.5. The topological polar surface area (TPSA) is 79.6 Å². The first-order valence-electron chi connectivity index (χ1n) is 11.1. The van der Waals surface area contributed by atoms with Gasteiger partial charge in [-0.3, -0.25) is 18.7 Å². The quantitative estimate of drug-likeness (QED) is 0.612. The smallest absolute Gasteiger partial charge is 0.329 e. The molecular weight excluding hydrogens is 406 g/mol. The van der Waals surface area contributed by atoms with Crippen LogP contribution >= 0.6 is 0 Å². The molecule has 1 aliphatic heterocycles. The molecule has 2 heterocycles. The fraction of sp³-hybridized carbons (Fsp3) is 0.375. The van der Waals surface area contributed by atoms with Crippen molar-refractivity contribution in [3.63, 3.8) is 0 Å². The van der Waals surface area contributed by atoms with E-state index in [4.69, 9.17) is 0 Å². The largest absolute Gasteiger partial charge is 0.368 e. The monoisotopic (exact) mass is 435 g/mol. The number of benzene rings is 2. The molecule has 0 unspecified atom stereocenters. The summed E-state index contributed by atoms with van der Waals surface area (Å²) in [7, 11) is 0. The lowest BCUT2D eigenvalue weighted by Crippen LogP contribution is -2.51. The molecule has 0 saturated carbocycles. The molecule has 1 aliphatic rings. The first-order chi connectivity index (χ1) is 15.6. The second-order valence-corrected chi connectivity index (χ2v) is 7.90. The number of rotatable bonds is 7. The van der Waals surface area contributed by atoms with Crippen molar-refractivity contribution in [1.82, 2.24) is 19.4 Å². The maximum Gasteiger partial charge on any atom is 0.329 e. The molecule has 0 radical (unpaired) electrons. The van der Waals surface area contributed by atoms with E-state index >= 15 is 0 Å². The number of anilines is 1. The predicted molar refractivity (Wildman–Crippen MR) is 125 cm³/mol. The van der Waals surface area contributed by atoms with E-state index < -0.39 is 0 Å². The van der Waals surface area contributed by atoms with Crippen LogP contribution in [0, 0.1) is 0 Å². The van der Waals surface area contributed by atoms with Gasteiger partial charge in [-0.2, -0.15) is 0 Å². The number of para-hydroxylation sites is 3. The van der Waals surface area contributed by atoms with Crippen LogP contribution < -0.4 is 15.9 Å². The van der Waals surface area contributed by atoms with Crippen LogP contribution in [0.3, 0.4) is 0 Å². The number of aryl methyl sites for hydroxylation is 2. The Morgan fingerprint density at radius 1 is 0.875 bits per heavy atom. The summed E-state index contributed by atoms with van der Waals surface area (Å²) in [5, 5.41) is 2.72. The van der Waals surface area contributed by atoms with Crippen molar-refractivity contribution in [2.24, 2.45) is 0 Å². The normalized spacial score (nSPS) is 14.0. The Hall–Kier alpha value is -3.55. The number of amides is 2. The van der Waals surface area contributed by atoms with Gasteiger partial charge in [0.25, 0.3) is 0 Å². The highest BCUT2D eigenvalue weighted by molar-refractivity contribution is 5.85. The van der Waals surface area contributed by atoms with Crippen molar-refractivity contribution in [2.75, 3.05) is 37.6 Å². The summed E-state index contributed by atoms with van der Waals surface area (Å²) in [6.07, 6.45) is 0.146. The summed E-state index contributed by atoms with van der Waals surface area (Å²) in [5.74, 6) is -0.313. The van der Waals surface area contributed by atoms with Gasteiger partial charge in [0.05, 0.1) is 17.6 Å². The van der Waals surface area contributed by atoms with Gasteiger partial charge in [0, 0.05) is 51.4 Å². The number of aromatic nitrogens is 2. The van der Waals surface area contributed by atoms with Crippen LogP contribution in [0.5, 0.6) is 0 Å². The number of fused-ring (bicyclic) bond motifs is 1. The molecule has 3 aromatic rings. The molecule has 2 aromatic carbocycles. The van der Waals surface area contributed by atoms with E-state index in [0.29, 0.717) is 19.6 Å². The number of nitrogens with zero attached hydrogens (tertiary/aromatic N) is 4. The minimum atomic E-state index is -0.235. The summed E-state index contributed by atoms with van der Waals surface area (Å²) in [4.78, 5) is 41.6. The van der Waals surface area contributed by atoms with Gasteiger partial charge in [0.15, 0.2) is 0 Å². The summed E-state index contributed by atoms with van der Waals surface area (Å²) in [6.45, 7) is 5.58. The molecule has 8 nitrogen and oxygen atoms in total. The zero-order valence-corrected chi connectivity index (χ0v) is 18.4. The second kappa shape index (κ2) is 9.72. The Morgan fingerprint density at radius 3 is 2.16 bits per heavy atom. The van der Waals surface area contributed by atoms with Crippen molar-refractivity contribution in [2.45, 2.75) is 26.4 Å². The van der Waals surface area contributed by atoms with Gasteiger partial charge < -0.3 is 15.1 Å². The van der Waals surface area contributed by atoms with Crippen molar-refractivity contribution in [3.05, 3.63) is 65.1 Å². The average molecular weight is 436 g/mol. The highest BCUT2D eigenvalue weighted by Gasteiger charge is 2.21. The molecule has 168 valence electrons. The number of hydrogen-bond acceptors (Lipinski definition) is 4. The van der Waals surface area contributed by atoms with Gasteiger partial charge >= 0.3 is 5.69 Å². The molecule has 1 saturated heterocycles. The highest BCUT2D eigenvalue weighted by Crippen LogP contribution is 2.15. The molecule has 2 amide bonds. The Bertz CT molecular complexity index is 1140. The molecule has 0 spiro atoms. The lowest BCUT2D eigenvalue weighted by Gasteiger charge is -2.36.